The zero-order chi connectivity index (χ0) is 28.4. The van der Waals surface area contributed by atoms with E-state index < -0.39 is 26.0 Å². The van der Waals surface area contributed by atoms with Crippen LogP contribution in [0.5, 0.6) is 0 Å². The van der Waals surface area contributed by atoms with Crippen molar-refractivity contribution in [1.29, 1.82) is 0 Å². The van der Waals surface area contributed by atoms with Crippen LogP contribution in [0.4, 0.5) is 5.69 Å². The fourth-order valence-corrected chi connectivity index (χ4v) is 10.0. The van der Waals surface area contributed by atoms with E-state index in [1.165, 1.54) is 4.46 Å². The van der Waals surface area contributed by atoms with Gasteiger partial charge in [0.05, 0.1) is 0 Å². The Balaban J connectivity index is 0.00000441. The number of hydrogen-bond donors (Lipinski definition) is 0. The first kappa shape index (κ1) is 33.9. The molecule has 0 bridgehead atoms. The molecule has 0 aliphatic carbocycles. The van der Waals surface area contributed by atoms with Crippen LogP contribution in [0.25, 0.3) is 15.7 Å². The molecule has 0 atom stereocenters. The average molecular weight is 699 g/mol. The minimum atomic E-state index is -4.29. The van der Waals surface area contributed by atoms with E-state index in [4.69, 9.17) is 0 Å². The Morgan fingerprint density at radius 1 is 1.07 bits per heavy atom. The number of allylic oxidation sites excluding steroid dienone is 2. The fourth-order valence-electron chi connectivity index (χ4n) is 4.27. The minimum Gasteiger partial charge on any atom is 1.00 e. The molecule has 9 nitrogen and oxygen atoms in total. The van der Waals surface area contributed by atoms with Crippen molar-refractivity contribution in [2.24, 2.45) is 0 Å². The zero-order valence-corrected chi connectivity index (χ0v) is 29.9. The summed E-state index contributed by atoms with van der Waals surface area (Å²) in [6.07, 6.45) is 6.20. The first-order chi connectivity index (χ1) is 18.3. The van der Waals surface area contributed by atoms with E-state index in [-0.39, 0.29) is 56.7 Å². The van der Waals surface area contributed by atoms with Crippen LogP contribution in [0.1, 0.15) is 48.2 Å². The Labute approximate surface area is 272 Å². The van der Waals surface area contributed by atoms with Gasteiger partial charge in [0.1, 0.15) is 0 Å². The van der Waals surface area contributed by atoms with Gasteiger partial charge in [0.2, 0.25) is 0 Å². The molecule has 40 heavy (non-hydrogen) atoms. The number of thiazole rings is 2. The SMILES string of the molecule is CCC(=Cc1sc2nc(C)sc2[n+]1CCCS(=O)(=O)[O-])C=C1[Se]c2ccc(C)cc2N1CCCCS(=O)(=O)[O-].[Na+]. The summed E-state index contributed by atoms with van der Waals surface area (Å²) >= 11 is 3.16. The normalized spacial score (nSPS) is 15.2. The molecule has 1 aromatic carbocycles. The first-order valence-corrected chi connectivity index (χ1v) is 19.0. The Morgan fingerprint density at radius 3 is 2.45 bits per heavy atom. The van der Waals surface area contributed by atoms with Crippen molar-refractivity contribution in [1.82, 2.24) is 4.98 Å². The molecule has 1 aliphatic rings. The predicted molar refractivity (Wildman–Crippen MR) is 156 cm³/mol. The Bertz CT molecular complexity index is 1650. The summed E-state index contributed by atoms with van der Waals surface area (Å²) in [6, 6.07) is 6.40. The summed E-state index contributed by atoms with van der Waals surface area (Å²) in [6.45, 7) is 7.09. The Morgan fingerprint density at radius 2 is 1.77 bits per heavy atom. The van der Waals surface area contributed by atoms with Gasteiger partial charge in [-0.2, -0.15) is 0 Å². The van der Waals surface area contributed by atoms with E-state index in [0.29, 0.717) is 25.9 Å². The molecule has 0 saturated heterocycles. The first-order valence-electron chi connectivity index (χ1n) is 12.5. The van der Waals surface area contributed by atoms with Gasteiger partial charge < -0.3 is 0 Å². The van der Waals surface area contributed by atoms with Crippen molar-refractivity contribution in [2.75, 3.05) is 23.0 Å². The van der Waals surface area contributed by atoms with Gasteiger partial charge in [-0.1, -0.05) is 0 Å². The molecule has 0 unspecified atom stereocenters. The molecule has 1 aliphatic heterocycles. The van der Waals surface area contributed by atoms with Crippen LogP contribution in [0.15, 0.2) is 34.4 Å². The maximum Gasteiger partial charge on any atom is 1.00 e. The summed E-state index contributed by atoms with van der Waals surface area (Å²) in [5, 5.41) is 1.88. The molecule has 15 heteroatoms. The molecular weight excluding hydrogens is 669 g/mol. The van der Waals surface area contributed by atoms with E-state index in [0.717, 1.165) is 47.5 Å². The van der Waals surface area contributed by atoms with Crippen LogP contribution in [0, 0.1) is 13.8 Å². The quantitative estimate of drug-likeness (QED) is 0.112. The molecule has 0 radical (unpaired) electrons. The van der Waals surface area contributed by atoms with Crippen molar-refractivity contribution in [3.8, 4) is 0 Å². The van der Waals surface area contributed by atoms with E-state index in [9.17, 15) is 25.9 Å². The van der Waals surface area contributed by atoms with Gasteiger partial charge in [-0.05, 0) is 0 Å². The Hall–Kier alpha value is -0.641. The third-order valence-electron chi connectivity index (χ3n) is 6.11. The molecule has 0 N–H and O–H groups in total. The molecule has 212 valence electrons. The van der Waals surface area contributed by atoms with E-state index >= 15 is 0 Å². The second kappa shape index (κ2) is 14.2. The number of benzene rings is 1. The van der Waals surface area contributed by atoms with E-state index in [1.807, 2.05) is 13.8 Å². The van der Waals surface area contributed by atoms with Crippen LogP contribution in [-0.2, 0) is 26.8 Å². The molecule has 3 heterocycles. The van der Waals surface area contributed by atoms with Crippen molar-refractivity contribution in [3.63, 3.8) is 0 Å². The van der Waals surface area contributed by atoms with E-state index in [1.54, 1.807) is 22.7 Å². The van der Waals surface area contributed by atoms with Crippen LogP contribution >= 0.6 is 22.7 Å². The smallest absolute Gasteiger partial charge is 1.00 e. The van der Waals surface area contributed by atoms with Gasteiger partial charge in [-0.25, -0.2) is 0 Å². The third-order valence-corrected chi connectivity index (χ3v) is 12.2. The third kappa shape index (κ3) is 9.18. The predicted octanol–water partition coefficient (Wildman–Crippen LogP) is 0.0113. The summed E-state index contributed by atoms with van der Waals surface area (Å²) in [5.74, 6) is -0.770. The zero-order valence-electron chi connectivity index (χ0n) is 22.9. The van der Waals surface area contributed by atoms with Crippen molar-refractivity contribution in [2.45, 2.75) is 53.0 Å². The van der Waals surface area contributed by atoms with Crippen LogP contribution < -0.4 is 43.5 Å². The minimum absolute atomic E-state index is 0. The van der Waals surface area contributed by atoms with E-state index in [2.05, 4.69) is 51.7 Å². The number of anilines is 1. The number of nitrogens with zero attached hydrogens (tertiary/aromatic N) is 3. The maximum absolute atomic E-state index is 11.2. The molecule has 4 rings (SSSR count). The topological polar surface area (TPSA) is 134 Å². The summed E-state index contributed by atoms with van der Waals surface area (Å²) in [7, 11) is -8.52. The molecule has 0 fully saturated rings. The Kier molecular flexibility index (Phi) is 12.0. The molecule has 0 spiro atoms. The number of rotatable bonds is 12. The number of fused-ring (bicyclic) bond motifs is 2. The van der Waals surface area contributed by atoms with Crippen molar-refractivity contribution >= 4 is 83.8 Å². The number of hydrogen-bond acceptors (Lipinski definition) is 10. The second-order valence-electron chi connectivity index (χ2n) is 9.30. The molecular formula is C25H30N3NaO6S4Se. The number of aryl methyl sites for hydroxylation is 3. The second-order valence-corrected chi connectivity index (χ2v) is 16.8. The van der Waals surface area contributed by atoms with Crippen molar-refractivity contribution < 1.29 is 60.1 Å². The molecule has 3 aromatic rings. The van der Waals surface area contributed by atoms with Gasteiger partial charge in [-0.15, -0.1) is 0 Å². The van der Waals surface area contributed by atoms with Crippen LogP contribution in [0.3, 0.4) is 0 Å². The largest absolute Gasteiger partial charge is 1.00 e. The molecule has 2 aromatic heterocycles. The fraction of sp³-hybridized carbons (Fsp3) is 0.440. The number of unbranched alkanes of at least 4 members (excludes halogenated alkanes) is 1. The molecule has 0 saturated carbocycles. The van der Waals surface area contributed by atoms with Gasteiger partial charge in [0, 0.05) is 0 Å². The summed E-state index contributed by atoms with van der Waals surface area (Å²) < 4.78 is 71.2. The van der Waals surface area contributed by atoms with Crippen molar-refractivity contribution in [3.05, 3.63) is 50.0 Å². The standard InChI is InChI=1S/C25H31N3O6S4Se.Na/c1-4-19(15-22-28(11-7-13-38(32,33)34)25-24(36-22)26-18(3)35-25)16-23-27(10-5-6-12-37(29,30)31)20-14-17(2)8-9-21(20)39-23;/h8-9,14-16H,4-7,10-13H2,1-3H3,(H-,29,30,31,32,33,34);/q;+1/p-1. The van der Waals surface area contributed by atoms with Crippen LogP contribution in [0.2, 0.25) is 0 Å². The number of aromatic nitrogens is 2. The van der Waals surface area contributed by atoms with Gasteiger partial charge >= 0.3 is 275 Å². The van der Waals surface area contributed by atoms with Gasteiger partial charge in [-0.3, -0.25) is 0 Å². The van der Waals surface area contributed by atoms with Gasteiger partial charge in [0.25, 0.3) is 0 Å². The maximum atomic E-state index is 11.2. The van der Waals surface area contributed by atoms with Gasteiger partial charge in [0.15, 0.2) is 0 Å². The monoisotopic (exact) mass is 699 g/mol. The van der Waals surface area contributed by atoms with Crippen LogP contribution in [-0.4, -0.2) is 63.9 Å². The molecule has 0 amide bonds. The summed E-state index contributed by atoms with van der Waals surface area (Å²) in [4.78, 5) is 8.72. The summed E-state index contributed by atoms with van der Waals surface area (Å²) in [5.41, 5.74) is 3.37. The average Bonchev–Trinajstić information content (AvgIpc) is 3.45.